The van der Waals surface area contributed by atoms with E-state index >= 15 is 0 Å². The molecule has 0 fully saturated rings. The summed E-state index contributed by atoms with van der Waals surface area (Å²) in [5, 5.41) is 2.42. The van der Waals surface area contributed by atoms with E-state index in [1.165, 1.54) is 15.7 Å². The lowest BCUT2D eigenvalue weighted by molar-refractivity contribution is 0.0926. The third kappa shape index (κ3) is 3.23. The number of nitrogens with zero attached hydrogens (tertiary/aromatic N) is 2. The van der Waals surface area contributed by atoms with Crippen molar-refractivity contribution in [2.75, 3.05) is 4.90 Å². The summed E-state index contributed by atoms with van der Waals surface area (Å²) in [6.45, 7) is 1.98. The van der Waals surface area contributed by atoms with Gasteiger partial charge < -0.3 is 4.57 Å². The summed E-state index contributed by atoms with van der Waals surface area (Å²) in [5.74, 6) is -0.571. The Morgan fingerprint density at radius 2 is 1.14 bits per heavy atom. The summed E-state index contributed by atoms with van der Waals surface area (Å²) in [4.78, 5) is 27.7. The molecule has 7 rings (SSSR count). The van der Waals surface area contributed by atoms with E-state index in [1.54, 1.807) is 6.07 Å². The Labute approximate surface area is 214 Å². The summed E-state index contributed by atoms with van der Waals surface area (Å²) in [7, 11) is 0. The standard InChI is InChI=1S/C33H22N2O2/c1-21-13-16-24(17-14-21)35-32(36)28-18-15-23(20-29(28)33(35)37)22-7-6-8-25(19-22)34-30-11-4-2-9-26(30)27-10-3-5-12-31(27)34/h2-20H,1H3. The molecule has 0 atom stereocenters. The number of anilines is 1. The predicted molar refractivity (Wildman–Crippen MR) is 149 cm³/mol. The molecule has 0 N–H and O–H groups in total. The molecule has 4 nitrogen and oxygen atoms in total. The van der Waals surface area contributed by atoms with Crippen LogP contribution < -0.4 is 4.90 Å². The molecule has 1 aromatic heterocycles. The first-order valence-electron chi connectivity index (χ1n) is 12.3. The van der Waals surface area contributed by atoms with Crippen LogP contribution in [0.25, 0.3) is 38.6 Å². The number of amides is 2. The van der Waals surface area contributed by atoms with Gasteiger partial charge in [-0.25, -0.2) is 4.90 Å². The van der Waals surface area contributed by atoms with Gasteiger partial charge in [0.05, 0.1) is 27.8 Å². The molecule has 176 valence electrons. The molecule has 0 saturated carbocycles. The Bertz CT molecular complexity index is 1830. The van der Waals surface area contributed by atoms with Crippen molar-refractivity contribution in [3.63, 3.8) is 0 Å². The normalized spacial score (nSPS) is 13.1. The van der Waals surface area contributed by atoms with Gasteiger partial charge in [0.25, 0.3) is 11.8 Å². The Kier molecular flexibility index (Phi) is 4.63. The number of hydrogen-bond acceptors (Lipinski definition) is 2. The van der Waals surface area contributed by atoms with Crippen LogP contribution in [0.1, 0.15) is 26.3 Å². The van der Waals surface area contributed by atoms with Crippen LogP contribution in [0.15, 0.2) is 115 Å². The summed E-state index contributed by atoms with van der Waals surface area (Å²) in [5.41, 5.74) is 7.74. The number of aromatic nitrogens is 1. The highest BCUT2D eigenvalue weighted by molar-refractivity contribution is 6.34. The number of hydrogen-bond donors (Lipinski definition) is 0. The number of benzene rings is 5. The molecule has 2 amide bonds. The molecule has 0 aliphatic carbocycles. The molecule has 2 heterocycles. The van der Waals surface area contributed by atoms with Gasteiger partial charge in [0.1, 0.15) is 0 Å². The quantitative estimate of drug-likeness (QED) is 0.246. The van der Waals surface area contributed by atoms with E-state index in [2.05, 4.69) is 65.2 Å². The molecule has 0 bridgehead atoms. The molecular weight excluding hydrogens is 456 g/mol. The second-order valence-electron chi connectivity index (χ2n) is 9.46. The van der Waals surface area contributed by atoms with Crippen molar-refractivity contribution in [3.05, 3.63) is 132 Å². The van der Waals surface area contributed by atoms with Gasteiger partial charge >= 0.3 is 0 Å². The number of fused-ring (bicyclic) bond motifs is 4. The van der Waals surface area contributed by atoms with Crippen molar-refractivity contribution in [3.8, 4) is 16.8 Å². The second kappa shape index (κ2) is 8.04. The molecule has 0 radical (unpaired) electrons. The maximum absolute atomic E-state index is 13.3. The van der Waals surface area contributed by atoms with Crippen LogP contribution >= 0.6 is 0 Å². The van der Waals surface area contributed by atoms with Gasteiger partial charge in [-0.2, -0.15) is 0 Å². The van der Waals surface area contributed by atoms with E-state index in [0.29, 0.717) is 16.8 Å². The number of rotatable bonds is 3. The zero-order chi connectivity index (χ0) is 25.1. The minimum absolute atomic E-state index is 0.283. The Morgan fingerprint density at radius 3 is 1.84 bits per heavy atom. The van der Waals surface area contributed by atoms with Crippen molar-refractivity contribution in [2.24, 2.45) is 0 Å². The van der Waals surface area contributed by atoms with Crippen molar-refractivity contribution in [1.29, 1.82) is 0 Å². The molecule has 6 aromatic rings. The maximum atomic E-state index is 13.3. The molecule has 4 heteroatoms. The second-order valence-corrected chi connectivity index (χ2v) is 9.46. The fourth-order valence-electron chi connectivity index (χ4n) is 5.37. The Morgan fingerprint density at radius 1 is 0.514 bits per heavy atom. The monoisotopic (exact) mass is 478 g/mol. The predicted octanol–water partition coefficient (Wildman–Crippen LogP) is 7.56. The van der Waals surface area contributed by atoms with Crippen molar-refractivity contribution < 1.29 is 9.59 Å². The number of carbonyl (C=O) groups excluding carboxylic acids is 2. The van der Waals surface area contributed by atoms with Crippen LogP contribution in [0.4, 0.5) is 5.69 Å². The molecule has 0 spiro atoms. The van der Waals surface area contributed by atoms with Crippen LogP contribution in [0.5, 0.6) is 0 Å². The molecule has 1 aliphatic heterocycles. The van der Waals surface area contributed by atoms with E-state index in [4.69, 9.17) is 0 Å². The smallest absolute Gasteiger partial charge is 0.266 e. The SMILES string of the molecule is Cc1ccc(N2C(=O)c3ccc(-c4cccc(-n5c6ccccc6c6ccccc65)c4)cc3C2=O)cc1. The van der Waals surface area contributed by atoms with E-state index < -0.39 is 0 Å². The van der Waals surface area contributed by atoms with Gasteiger partial charge in [0.15, 0.2) is 0 Å². The van der Waals surface area contributed by atoms with E-state index in [1.807, 2.05) is 55.5 Å². The fourth-order valence-corrected chi connectivity index (χ4v) is 5.37. The third-order valence-corrected chi connectivity index (χ3v) is 7.20. The Balaban J connectivity index is 1.33. The van der Waals surface area contributed by atoms with Gasteiger partial charge in [-0.05, 0) is 66.6 Å². The maximum Gasteiger partial charge on any atom is 0.266 e. The Hall–Kier alpha value is -4.96. The molecule has 1 aliphatic rings. The van der Waals surface area contributed by atoms with Crippen LogP contribution in [-0.4, -0.2) is 16.4 Å². The largest absolute Gasteiger partial charge is 0.309 e. The van der Waals surface area contributed by atoms with E-state index in [-0.39, 0.29) is 11.8 Å². The minimum atomic E-state index is -0.288. The zero-order valence-electron chi connectivity index (χ0n) is 20.2. The van der Waals surface area contributed by atoms with Crippen molar-refractivity contribution >= 4 is 39.3 Å². The van der Waals surface area contributed by atoms with Crippen LogP contribution in [0, 0.1) is 6.92 Å². The molecule has 5 aromatic carbocycles. The summed E-state index contributed by atoms with van der Waals surface area (Å²) in [6.07, 6.45) is 0. The molecule has 0 unspecified atom stereocenters. The van der Waals surface area contributed by atoms with Gasteiger partial charge in [0, 0.05) is 16.5 Å². The van der Waals surface area contributed by atoms with Gasteiger partial charge in [-0.3, -0.25) is 9.59 Å². The number of aryl methyl sites for hydroxylation is 1. The van der Waals surface area contributed by atoms with Gasteiger partial charge in [-0.15, -0.1) is 0 Å². The van der Waals surface area contributed by atoms with Gasteiger partial charge in [0.2, 0.25) is 0 Å². The van der Waals surface area contributed by atoms with Crippen LogP contribution in [0.3, 0.4) is 0 Å². The first-order valence-corrected chi connectivity index (χ1v) is 12.3. The summed E-state index contributed by atoms with van der Waals surface area (Å²) < 4.78 is 2.27. The van der Waals surface area contributed by atoms with Crippen molar-refractivity contribution in [2.45, 2.75) is 6.92 Å². The summed E-state index contributed by atoms with van der Waals surface area (Å²) >= 11 is 0. The van der Waals surface area contributed by atoms with E-state index in [0.717, 1.165) is 33.4 Å². The third-order valence-electron chi connectivity index (χ3n) is 7.20. The lowest BCUT2D eigenvalue weighted by Gasteiger charge is -2.13. The number of imide groups is 1. The fraction of sp³-hybridized carbons (Fsp3) is 0.0303. The van der Waals surface area contributed by atoms with Crippen LogP contribution in [0.2, 0.25) is 0 Å². The lowest BCUT2D eigenvalue weighted by Crippen LogP contribution is -2.29. The first-order chi connectivity index (χ1) is 18.1. The zero-order valence-corrected chi connectivity index (χ0v) is 20.2. The average Bonchev–Trinajstić information content (AvgIpc) is 3.40. The highest BCUT2D eigenvalue weighted by Crippen LogP contribution is 2.35. The van der Waals surface area contributed by atoms with Gasteiger partial charge in [-0.1, -0.05) is 72.3 Å². The highest BCUT2D eigenvalue weighted by atomic mass is 16.2. The lowest BCUT2D eigenvalue weighted by atomic mass is 10.00. The van der Waals surface area contributed by atoms with Crippen molar-refractivity contribution in [1.82, 2.24) is 4.57 Å². The molecule has 37 heavy (non-hydrogen) atoms. The number of carbonyl (C=O) groups is 2. The topological polar surface area (TPSA) is 42.3 Å². The summed E-state index contributed by atoms with van der Waals surface area (Å²) in [6, 6.07) is 38.1. The minimum Gasteiger partial charge on any atom is -0.309 e. The molecule has 0 saturated heterocycles. The average molecular weight is 479 g/mol. The first kappa shape index (κ1) is 21.3. The van der Waals surface area contributed by atoms with E-state index in [9.17, 15) is 9.59 Å². The molecular formula is C33H22N2O2. The van der Waals surface area contributed by atoms with Crippen LogP contribution in [-0.2, 0) is 0 Å². The highest BCUT2D eigenvalue weighted by Gasteiger charge is 2.36. The number of para-hydroxylation sites is 2.